The van der Waals surface area contributed by atoms with Crippen LogP contribution in [-0.4, -0.2) is 42.6 Å². The normalized spacial score (nSPS) is 11.7. The van der Waals surface area contributed by atoms with Gasteiger partial charge in [-0.05, 0) is 23.8 Å². The third-order valence-electron chi connectivity index (χ3n) is 3.90. The van der Waals surface area contributed by atoms with E-state index in [9.17, 15) is 23.3 Å². The number of hydrogen-bond donors (Lipinski definition) is 1. The van der Waals surface area contributed by atoms with Gasteiger partial charge >= 0.3 is 0 Å². The topological polar surface area (TPSA) is 123 Å². The second kappa shape index (κ2) is 7.62. The zero-order chi connectivity index (χ0) is 20.5. The fourth-order valence-electron chi connectivity index (χ4n) is 2.41. The average Bonchev–Trinajstić information content (AvgIpc) is 3.03. The number of rotatable bonds is 6. The van der Waals surface area contributed by atoms with E-state index in [-0.39, 0.29) is 22.9 Å². The first-order valence-electron chi connectivity index (χ1n) is 8.03. The van der Waals surface area contributed by atoms with E-state index in [2.05, 4.69) is 10.3 Å². The molecule has 1 amide bonds. The number of benzene rings is 2. The van der Waals surface area contributed by atoms with E-state index < -0.39 is 14.9 Å². The number of thiazole rings is 1. The van der Waals surface area contributed by atoms with Gasteiger partial charge < -0.3 is 5.32 Å². The number of fused-ring (bicyclic) bond motifs is 1. The summed E-state index contributed by atoms with van der Waals surface area (Å²) >= 11 is 1.17. The van der Waals surface area contributed by atoms with Crippen LogP contribution in [0.4, 0.5) is 10.8 Å². The Morgan fingerprint density at radius 1 is 1.21 bits per heavy atom. The summed E-state index contributed by atoms with van der Waals surface area (Å²) in [5.41, 5.74) is 1.16. The summed E-state index contributed by atoms with van der Waals surface area (Å²) in [5, 5.41) is 13.7. The molecule has 9 nitrogen and oxygen atoms in total. The van der Waals surface area contributed by atoms with E-state index in [4.69, 9.17) is 0 Å². The largest absolute Gasteiger partial charge is 0.302 e. The predicted octanol–water partition coefficient (Wildman–Crippen LogP) is 2.64. The number of nitro benzene ring substituents is 1. The Morgan fingerprint density at radius 2 is 1.89 bits per heavy atom. The van der Waals surface area contributed by atoms with Gasteiger partial charge in [-0.25, -0.2) is 17.7 Å². The molecule has 3 aromatic rings. The third-order valence-corrected chi connectivity index (χ3v) is 6.64. The minimum Gasteiger partial charge on any atom is -0.302 e. The summed E-state index contributed by atoms with van der Waals surface area (Å²) in [5.74, 6) is -0.325. The highest BCUT2D eigenvalue weighted by Crippen LogP contribution is 2.29. The fraction of sp³-hybridized carbons (Fsp3) is 0.176. The molecule has 0 bridgehead atoms. The highest BCUT2D eigenvalue weighted by Gasteiger charge is 2.18. The minimum absolute atomic E-state index is 0.0359. The molecule has 1 heterocycles. The molecule has 0 atom stereocenters. The van der Waals surface area contributed by atoms with Crippen molar-refractivity contribution >= 4 is 48.3 Å². The minimum atomic E-state index is -3.56. The molecule has 0 aliphatic rings. The second-order valence-corrected chi connectivity index (χ2v) is 9.27. The molecule has 0 saturated heterocycles. The summed E-state index contributed by atoms with van der Waals surface area (Å²) in [6, 6.07) is 10.3. The number of aromatic nitrogens is 1. The second-order valence-electron chi connectivity index (χ2n) is 6.08. The smallest absolute Gasteiger partial charge is 0.269 e. The quantitative estimate of drug-likeness (QED) is 0.483. The molecule has 0 spiro atoms. The van der Waals surface area contributed by atoms with Gasteiger partial charge in [0, 0.05) is 26.2 Å². The van der Waals surface area contributed by atoms with Crippen LogP contribution in [0.15, 0.2) is 47.4 Å². The summed E-state index contributed by atoms with van der Waals surface area (Å²) in [7, 11) is -0.647. The zero-order valence-corrected chi connectivity index (χ0v) is 16.6. The number of anilines is 1. The van der Waals surface area contributed by atoms with Gasteiger partial charge in [-0.3, -0.25) is 14.9 Å². The van der Waals surface area contributed by atoms with Crippen molar-refractivity contribution in [1.82, 2.24) is 9.29 Å². The lowest BCUT2D eigenvalue weighted by Gasteiger charge is -2.10. The fourth-order valence-corrected chi connectivity index (χ4v) is 4.34. The number of nitrogens with one attached hydrogen (secondary N) is 1. The molecule has 0 saturated carbocycles. The first-order valence-corrected chi connectivity index (χ1v) is 10.3. The molecule has 3 rings (SSSR count). The Morgan fingerprint density at radius 3 is 2.50 bits per heavy atom. The monoisotopic (exact) mass is 420 g/mol. The standard InChI is InChI=1S/C17H16N4O5S2/c1-20(2)28(25,26)13-7-8-14-15(10-13)27-17(18-14)19-16(22)9-11-3-5-12(6-4-11)21(23)24/h3-8,10H,9H2,1-2H3,(H,18,19,22). The van der Waals surface area contributed by atoms with Gasteiger partial charge in [-0.15, -0.1) is 0 Å². The molecule has 0 radical (unpaired) electrons. The van der Waals surface area contributed by atoms with Gasteiger partial charge in [0.15, 0.2) is 5.13 Å². The molecular formula is C17H16N4O5S2. The maximum atomic E-state index is 12.2. The molecule has 1 aromatic heterocycles. The molecule has 0 fully saturated rings. The first-order chi connectivity index (χ1) is 13.2. The van der Waals surface area contributed by atoms with Crippen LogP contribution in [0.3, 0.4) is 0 Å². The van der Waals surface area contributed by atoms with Crippen molar-refractivity contribution in [2.75, 3.05) is 19.4 Å². The van der Waals surface area contributed by atoms with E-state index in [0.29, 0.717) is 20.9 Å². The summed E-state index contributed by atoms with van der Waals surface area (Å²) < 4.78 is 26.2. The average molecular weight is 420 g/mol. The van der Waals surface area contributed by atoms with Crippen molar-refractivity contribution in [2.45, 2.75) is 11.3 Å². The van der Waals surface area contributed by atoms with Crippen LogP contribution in [0.2, 0.25) is 0 Å². The number of sulfonamides is 1. The molecule has 0 unspecified atom stereocenters. The number of carbonyl (C=O) groups excluding carboxylic acids is 1. The van der Waals surface area contributed by atoms with Gasteiger partial charge in [0.1, 0.15) is 0 Å². The molecule has 0 aliphatic carbocycles. The summed E-state index contributed by atoms with van der Waals surface area (Å²) in [6.45, 7) is 0. The number of non-ortho nitro benzene ring substituents is 1. The lowest BCUT2D eigenvalue weighted by atomic mass is 10.1. The molecule has 0 aliphatic heterocycles. The predicted molar refractivity (Wildman–Crippen MR) is 106 cm³/mol. The SMILES string of the molecule is CN(C)S(=O)(=O)c1ccc2nc(NC(=O)Cc3ccc([N+](=O)[O-])cc3)sc2c1. The maximum absolute atomic E-state index is 12.2. The molecule has 2 aromatic carbocycles. The van der Waals surface area contributed by atoms with Gasteiger partial charge in [0.2, 0.25) is 15.9 Å². The van der Waals surface area contributed by atoms with Crippen molar-refractivity contribution in [3.8, 4) is 0 Å². The zero-order valence-electron chi connectivity index (χ0n) is 14.9. The summed E-state index contributed by atoms with van der Waals surface area (Å²) in [6.07, 6.45) is 0.0359. The number of amides is 1. The summed E-state index contributed by atoms with van der Waals surface area (Å²) in [4.78, 5) is 26.8. The van der Waals surface area contributed by atoms with Crippen molar-refractivity contribution in [3.05, 3.63) is 58.1 Å². The van der Waals surface area contributed by atoms with Crippen LogP contribution in [0, 0.1) is 10.1 Å². The van der Waals surface area contributed by atoms with Gasteiger partial charge in [0.05, 0.1) is 26.5 Å². The Balaban J connectivity index is 1.75. The lowest BCUT2D eigenvalue weighted by molar-refractivity contribution is -0.384. The van der Waals surface area contributed by atoms with E-state index >= 15 is 0 Å². The van der Waals surface area contributed by atoms with Crippen LogP contribution < -0.4 is 5.32 Å². The molecule has 146 valence electrons. The van der Waals surface area contributed by atoms with E-state index in [1.165, 1.54) is 61.8 Å². The number of hydrogen-bond acceptors (Lipinski definition) is 7. The Labute approximate surface area is 164 Å². The van der Waals surface area contributed by atoms with E-state index in [1.807, 2.05) is 0 Å². The van der Waals surface area contributed by atoms with Crippen molar-refractivity contribution in [3.63, 3.8) is 0 Å². The van der Waals surface area contributed by atoms with Gasteiger partial charge in [-0.1, -0.05) is 23.5 Å². The lowest BCUT2D eigenvalue weighted by Crippen LogP contribution is -2.22. The highest BCUT2D eigenvalue weighted by molar-refractivity contribution is 7.89. The van der Waals surface area contributed by atoms with Crippen molar-refractivity contribution in [1.29, 1.82) is 0 Å². The molecule has 11 heteroatoms. The molecule has 1 N–H and O–H groups in total. The first kappa shape index (κ1) is 19.9. The Kier molecular flexibility index (Phi) is 5.40. The van der Waals surface area contributed by atoms with Crippen LogP contribution in [0.5, 0.6) is 0 Å². The highest BCUT2D eigenvalue weighted by atomic mass is 32.2. The molecular weight excluding hydrogens is 404 g/mol. The van der Waals surface area contributed by atoms with Crippen LogP contribution in [0.25, 0.3) is 10.2 Å². The number of nitrogens with zero attached hydrogens (tertiary/aromatic N) is 3. The van der Waals surface area contributed by atoms with Gasteiger partial charge in [0.25, 0.3) is 5.69 Å². The van der Waals surface area contributed by atoms with Crippen LogP contribution in [-0.2, 0) is 21.2 Å². The van der Waals surface area contributed by atoms with Crippen molar-refractivity contribution in [2.24, 2.45) is 0 Å². The van der Waals surface area contributed by atoms with Crippen LogP contribution >= 0.6 is 11.3 Å². The molecule has 28 heavy (non-hydrogen) atoms. The van der Waals surface area contributed by atoms with E-state index in [1.54, 1.807) is 6.07 Å². The third kappa shape index (κ3) is 4.16. The number of carbonyl (C=O) groups is 1. The number of nitro groups is 1. The van der Waals surface area contributed by atoms with Crippen molar-refractivity contribution < 1.29 is 18.1 Å². The Hall–Kier alpha value is -2.89. The maximum Gasteiger partial charge on any atom is 0.269 e. The van der Waals surface area contributed by atoms with Gasteiger partial charge in [-0.2, -0.15) is 0 Å². The van der Waals surface area contributed by atoms with Crippen LogP contribution in [0.1, 0.15) is 5.56 Å². The van der Waals surface area contributed by atoms with E-state index in [0.717, 1.165) is 4.31 Å². The Bertz CT molecular complexity index is 1150.